The van der Waals surface area contributed by atoms with Crippen LogP contribution in [-0.2, 0) is 21.4 Å². The maximum Gasteiger partial charge on any atom is 0.322 e. The number of urea groups is 1. The maximum atomic E-state index is 13.3. The van der Waals surface area contributed by atoms with Gasteiger partial charge in [0, 0.05) is 48.9 Å². The smallest absolute Gasteiger partial charge is 0.322 e. The standard InChI is InChI=1S/C29H32Cl2N4O5S/c1-34(2)41(37,38)22-6-3-5-18(13-22)32-29(36)35-19-11-12-20(35)15-21(14-19)39-16-23-27(33-40-28(23)17-9-10-17)26-24(30)7-4-8-25(26)31/h3-8,13,17,19-21H,9-12,14-16H2,1-2H3,(H,32,36)/t19-,20?,21?/m0/s1. The molecule has 9 nitrogen and oxygen atoms in total. The molecule has 41 heavy (non-hydrogen) atoms. The van der Waals surface area contributed by atoms with Crippen molar-refractivity contribution >= 4 is 44.9 Å². The predicted molar refractivity (Wildman–Crippen MR) is 157 cm³/mol. The van der Waals surface area contributed by atoms with Gasteiger partial charge in [-0.15, -0.1) is 0 Å². The summed E-state index contributed by atoms with van der Waals surface area (Å²) < 4.78 is 38.5. The molecule has 2 aromatic carbocycles. The highest BCUT2D eigenvalue weighted by Gasteiger charge is 2.44. The monoisotopic (exact) mass is 618 g/mol. The van der Waals surface area contributed by atoms with Crippen LogP contribution in [0.15, 0.2) is 51.9 Å². The van der Waals surface area contributed by atoms with E-state index in [4.69, 9.17) is 32.5 Å². The molecule has 3 aliphatic rings. The molecule has 3 heterocycles. The van der Waals surface area contributed by atoms with Crippen molar-refractivity contribution in [2.24, 2.45) is 0 Å². The topological polar surface area (TPSA) is 105 Å². The van der Waals surface area contributed by atoms with Gasteiger partial charge in [-0.2, -0.15) is 0 Å². The Balaban J connectivity index is 1.14. The van der Waals surface area contributed by atoms with Crippen LogP contribution in [-0.4, -0.2) is 61.1 Å². The van der Waals surface area contributed by atoms with Gasteiger partial charge >= 0.3 is 6.03 Å². The fraction of sp³-hybridized carbons (Fsp3) is 0.448. The number of hydrogen-bond acceptors (Lipinski definition) is 6. The highest BCUT2D eigenvalue weighted by molar-refractivity contribution is 7.89. The number of nitrogens with zero attached hydrogens (tertiary/aromatic N) is 3. The zero-order chi connectivity index (χ0) is 28.9. The zero-order valence-corrected chi connectivity index (χ0v) is 25.2. The summed E-state index contributed by atoms with van der Waals surface area (Å²) in [6.07, 6.45) is 5.30. The summed E-state index contributed by atoms with van der Waals surface area (Å²) in [5.41, 5.74) is 2.61. The summed E-state index contributed by atoms with van der Waals surface area (Å²) in [4.78, 5) is 15.4. The zero-order valence-electron chi connectivity index (χ0n) is 22.8. The van der Waals surface area contributed by atoms with Crippen LogP contribution in [0.5, 0.6) is 0 Å². The van der Waals surface area contributed by atoms with E-state index in [1.165, 1.54) is 26.2 Å². The lowest BCUT2D eigenvalue weighted by molar-refractivity contribution is -0.0158. The number of aromatic nitrogens is 1. The lowest BCUT2D eigenvalue weighted by Gasteiger charge is -2.38. The molecule has 3 atom stereocenters. The van der Waals surface area contributed by atoms with Gasteiger partial charge in [0.15, 0.2) is 0 Å². The first-order chi connectivity index (χ1) is 19.6. The summed E-state index contributed by atoms with van der Waals surface area (Å²) >= 11 is 13.0. The second-order valence-corrected chi connectivity index (χ2v) is 14.2. The molecule has 3 aromatic rings. The number of fused-ring (bicyclic) bond motifs is 2. The quantitative estimate of drug-likeness (QED) is 0.308. The molecule has 6 rings (SSSR count). The van der Waals surface area contributed by atoms with Crippen LogP contribution < -0.4 is 5.32 Å². The Morgan fingerprint density at radius 3 is 2.37 bits per heavy atom. The number of piperidine rings is 1. The molecule has 1 aromatic heterocycles. The van der Waals surface area contributed by atoms with Crippen LogP contribution in [0.25, 0.3) is 11.3 Å². The maximum absolute atomic E-state index is 13.3. The molecule has 2 bridgehead atoms. The highest BCUT2D eigenvalue weighted by atomic mass is 35.5. The molecule has 1 aliphatic carbocycles. The third-order valence-corrected chi connectivity index (χ3v) is 10.7. The molecule has 1 N–H and O–H groups in total. The van der Waals surface area contributed by atoms with Crippen LogP contribution in [0.4, 0.5) is 10.5 Å². The van der Waals surface area contributed by atoms with Gasteiger partial charge in [-0.25, -0.2) is 17.5 Å². The molecule has 3 fully saturated rings. The van der Waals surface area contributed by atoms with Crippen LogP contribution in [0, 0.1) is 0 Å². The lowest BCUT2D eigenvalue weighted by atomic mass is 9.99. The van der Waals surface area contributed by atoms with E-state index in [2.05, 4.69) is 10.5 Å². The number of carbonyl (C=O) groups excluding carboxylic acids is 1. The van der Waals surface area contributed by atoms with E-state index in [1.54, 1.807) is 30.3 Å². The van der Waals surface area contributed by atoms with Crippen molar-refractivity contribution < 1.29 is 22.5 Å². The third-order valence-electron chi connectivity index (χ3n) is 8.22. The Hall–Kier alpha value is -2.63. The molecule has 2 aliphatic heterocycles. The fourth-order valence-corrected chi connectivity index (χ4v) is 7.50. The van der Waals surface area contributed by atoms with Crippen LogP contribution in [0.3, 0.4) is 0 Å². The molecule has 0 spiro atoms. The fourth-order valence-electron chi connectivity index (χ4n) is 5.98. The average molecular weight is 620 g/mol. The Bertz CT molecular complexity index is 1540. The Morgan fingerprint density at radius 2 is 1.73 bits per heavy atom. The van der Waals surface area contributed by atoms with Crippen molar-refractivity contribution in [3.63, 3.8) is 0 Å². The van der Waals surface area contributed by atoms with Crippen molar-refractivity contribution in [2.75, 3.05) is 19.4 Å². The predicted octanol–water partition coefficient (Wildman–Crippen LogP) is 6.52. The van der Waals surface area contributed by atoms with Gasteiger partial charge in [0.1, 0.15) is 11.5 Å². The van der Waals surface area contributed by atoms with Gasteiger partial charge in [-0.3, -0.25) is 0 Å². The van der Waals surface area contributed by atoms with Gasteiger partial charge in [0.2, 0.25) is 10.0 Å². The van der Waals surface area contributed by atoms with Crippen molar-refractivity contribution in [3.8, 4) is 11.3 Å². The van der Waals surface area contributed by atoms with E-state index in [1.807, 2.05) is 4.90 Å². The summed E-state index contributed by atoms with van der Waals surface area (Å²) in [5.74, 6) is 1.18. The van der Waals surface area contributed by atoms with Crippen LogP contribution >= 0.6 is 23.2 Å². The van der Waals surface area contributed by atoms with Crippen molar-refractivity contribution in [2.45, 2.75) is 74.1 Å². The number of amides is 2. The van der Waals surface area contributed by atoms with Crippen LogP contribution in [0.2, 0.25) is 10.0 Å². The Morgan fingerprint density at radius 1 is 1.07 bits per heavy atom. The Kier molecular flexibility index (Phi) is 7.80. The van der Waals surface area contributed by atoms with E-state index in [9.17, 15) is 13.2 Å². The number of sulfonamides is 1. The van der Waals surface area contributed by atoms with Gasteiger partial charge in [0.05, 0.1) is 27.7 Å². The highest BCUT2D eigenvalue weighted by Crippen LogP contribution is 2.46. The summed E-state index contributed by atoms with van der Waals surface area (Å²) in [6, 6.07) is 11.6. The third kappa shape index (κ3) is 5.60. The van der Waals surface area contributed by atoms with E-state index >= 15 is 0 Å². The average Bonchev–Trinajstić information content (AvgIpc) is 3.64. The van der Waals surface area contributed by atoms with E-state index < -0.39 is 10.0 Å². The lowest BCUT2D eigenvalue weighted by Crippen LogP contribution is -2.50. The minimum absolute atomic E-state index is 0.0263. The second-order valence-electron chi connectivity index (χ2n) is 11.2. The second kappa shape index (κ2) is 11.2. The largest absolute Gasteiger partial charge is 0.373 e. The number of hydrogen-bond donors (Lipinski definition) is 1. The number of carbonyl (C=O) groups is 1. The summed E-state index contributed by atoms with van der Waals surface area (Å²) in [7, 11) is -0.647. The Labute approximate surface area is 249 Å². The number of rotatable bonds is 8. The number of nitrogens with one attached hydrogen (secondary N) is 1. The van der Waals surface area contributed by atoms with Crippen LogP contribution in [0.1, 0.15) is 55.8 Å². The molecule has 218 valence electrons. The number of ether oxygens (including phenoxy) is 1. The van der Waals surface area contributed by atoms with Gasteiger partial charge in [-0.05, 0) is 68.9 Å². The minimum atomic E-state index is -3.61. The number of halogens is 2. The van der Waals surface area contributed by atoms with Gasteiger partial charge in [-0.1, -0.05) is 40.5 Å². The molecule has 12 heteroatoms. The van der Waals surface area contributed by atoms with E-state index in [0.29, 0.717) is 52.4 Å². The molecular weight excluding hydrogens is 587 g/mol. The number of benzene rings is 2. The summed E-state index contributed by atoms with van der Waals surface area (Å²) in [5, 5.41) is 8.29. The SMILES string of the molecule is CN(C)S(=O)(=O)c1cccc(NC(=O)N2C3CC[C@H]2CC(OCc2c(-c4c(Cl)cccc4Cl)noc2C2CC2)C3)c1. The first-order valence-electron chi connectivity index (χ1n) is 13.8. The minimum Gasteiger partial charge on any atom is -0.373 e. The molecule has 2 amide bonds. The van der Waals surface area contributed by atoms with Crippen molar-refractivity contribution in [1.29, 1.82) is 0 Å². The first kappa shape index (κ1) is 28.5. The summed E-state index contributed by atoms with van der Waals surface area (Å²) in [6.45, 7) is 0.329. The molecule has 0 radical (unpaired) electrons. The van der Waals surface area contributed by atoms with E-state index in [0.717, 1.165) is 41.3 Å². The van der Waals surface area contributed by atoms with Gasteiger partial charge < -0.3 is 19.5 Å². The van der Waals surface area contributed by atoms with Crippen molar-refractivity contribution in [1.82, 2.24) is 14.4 Å². The van der Waals surface area contributed by atoms with Gasteiger partial charge in [0.25, 0.3) is 0 Å². The molecule has 2 saturated heterocycles. The normalized spacial score (nSPS) is 22.4. The number of anilines is 1. The van der Waals surface area contributed by atoms with Crippen molar-refractivity contribution in [3.05, 3.63) is 63.8 Å². The van der Waals surface area contributed by atoms with E-state index in [-0.39, 0.29) is 29.1 Å². The first-order valence-corrected chi connectivity index (χ1v) is 16.0. The molecule has 2 unspecified atom stereocenters. The molecular formula is C29H32Cl2N4O5S. The molecule has 1 saturated carbocycles.